The summed E-state index contributed by atoms with van der Waals surface area (Å²) in [6.07, 6.45) is 0.345. The molecule has 0 spiro atoms. The molecule has 0 N–H and O–H groups in total. The number of hydrogen-bond donors (Lipinski definition) is 0. The summed E-state index contributed by atoms with van der Waals surface area (Å²) in [7, 11) is 2.85. The van der Waals surface area contributed by atoms with Crippen LogP contribution in [-0.4, -0.2) is 20.2 Å². The van der Waals surface area contributed by atoms with Crippen molar-refractivity contribution in [2.75, 3.05) is 14.2 Å². The zero-order valence-electron chi connectivity index (χ0n) is 14.3. The topological polar surface area (TPSA) is 65.7 Å². The van der Waals surface area contributed by atoms with E-state index in [1.807, 2.05) is 12.1 Å². The van der Waals surface area contributed by atoms with Crippen molar-refractivity contribution in [2.45, 2.75) is 12.3 Å². The van der Waals surface area contributed by atoms with Crippen LogP contribution in [0.3, 0.4) is 0 Å². The Balaban J connectivity index is 2.14. The average molecular weight is 373 g/mol. The molecule has 0 aliphatic rings. The Morgan fingerprint density at radius 2 is 1.96 bits per heavy atom. The van der Waals surface area contributed by atoms with Crippen LogP contribution in [0.25, 0.3) is 11.0 Å². The van der Waals surface area contributed by atoms with Crippen LogP contribution in [0.2, 0.25) is 5.02 Å². The summed E-state index contributed by atoms with van der Waals surface area (Å²) in [5.74, 6) is -0.548. The highest BCUT2D eigenvalue weighted by molar-refractivity contribution is 6.30. The second kappa shape index (κ2) is 7.62. The van der Waals surface area contributed by atoms with Gasteiger partial charge in [-0.2, -0.15) is 0 Å². The van der Waals surface area contributed by atoms with Crippen molar-refractivity contribution in [2.24, 2.45) is 0 Å². The molecule has 1 heterocycles. The molecule has 3 rings (SSSR count). The number of fused-ring (bicyclic) bond motifs is 1. The molecule has 3 aromatic rings. The SMILES string of the molecule is COC(=O)C(Cc1cccc(Cl)c1)c1cc(=O)oc2cc(OC)ccc12. The largest absolute Gasteiger partial charge is 0.497 e. The van der Waals surface area contributed by atoms with E-state index in [-0.39, 0.29) is 0 Å². The normalized spacial score (nSPS) is 12.0. The molecule has 134 valence electrons. The second-order valence-corrected chi connectivity index (χ2v) is 6.23. The Kier molecular flexibility index (Phi) is 5.28. The van der Waals surface area contributed by atoms with E-state index in [2.05, 4.69) is 0 Å². The fourth-order valence-corrected chi connectivity index (χ4v) is 3.16. The first-order valence-corrected chi connectivity index (χ1v) is 8.33. The average Bonchev–Trinajstić information content (AvgIpc) is 2.64. The molecule has 2 aromatic carbocycles. The van der Waals surface area contributed by atoms with Crippen molar-refractivity contribution in [1.82, 2.24) is 0 Å². The van der Waals surface area contributed by atoms with Gasteiger partial charge >= 0.3 is 11.6 Å². The highest BCUT2D eigenvalue weighted by atomic mass is 35.5. The highest BCUT2D eigenvalue weighted by Gasteiger charge is 2.25. The predicted octanol–water partition coefficient (Wildman–Crippen LogP) is 3.95. The number of esters is 1. The summed E-state index contributed by atoms with van der Waals surface area (Å²) < 4.78 is 15.4. The van der Waals surface area contributed by atoms with Gasteiger partial charge in [-0.25, -0.2) is 4.79 Å². The Morgan fingerprint density at radius 1 is 1.15 bits per heavy atom. The molecule has 6 heteroatoms. The van der Waals surface area contributed by atoms with Crippen LogP contribution >= 0.6 is 11.6 Å². The van der Waals surface area contributed by atoms with Crippen LogP contribution in [-0.2, 0) is 16.0 Å². The van der Waals surface area contributed by atoms with Gasteiger partial charge in [-0.1, -0.05) is 23.7 Å². The summed E-state index contributed by atoms with van der Waals surface area (Å²) in [5, 5.41) is 1.23. The van der Waals surface area contributed by atoms with E-state index >= 15 is 0 Å². The number of rotatable bonds is 5. The number of carbonyl (C=O) groups is 1. The number of benzene rings is 2. The van der Waals surface area contributed by atoms with Gasteiger partial charge in [-0.15, -0.1) is 0 Å². The summed E-state index contributed by atoms with van der Waals surface area (Å²) in [6.45, 7) is 0. The van der Waals surface area contributed by atoms with Crippen molar-refractivity contribution in [3.8, 4) is 5.75 Å². The number of carbonyl (C=O) groups excluding carboxylic acids is 1. The van der Waals surface area contributed by atoms with E-state index < -0.39 is 17.5 Å². The van der Waals surface area contributed by atoms with Crippen molar-refractivity contribution >= 4 is 28.5 Å². The minimum atomic E-state index is -0.668. The number of hydrogen-bond acceptors (Lipinski definition) is 5. The van der Waals surface area contributed by atoms with Gasteiger partial charge in [-0.3, -0.25) is 4.79 Å². The second-order valence-electron chi connectivity index (χ2n) is 5.79. The minimum Gasteiger partial charge on any atom is -0.497 e. The van der Waals surface area contributed by atoms with Gasteiger partial charge in [0.2, 0.25) is 0 Å². The molecule has 5 nitrogen and oxygen atoms in total. The molecule has 0 radical (unpaired) electrons. The predicted molar refractivity (Wildman–Crippen MR) is 98.9 cm³/mol. The first kappa shape index (κ1) is 18.0. The lowest BCUT2D eigenvalue weighted by atomic mass is 9.90. The maximum Gasteiger partial charge on any atom is 0.336 e. The van der Waals surface area contributed by atoms with Crippen molar-refractivity contribution in [3.63, 3.8) is 0 Å². The van der Waals surface area contributed by atoms with E-state index in [9.17, 15) is 9.59 Å². The molecule has 0 amide bonds. The molecule has 0 saturated heterocycles. The van der Waals surface area contributed by atoms with Crippen LogP contribution < -0.4 is 10.4 Å². The maximum absolute atomic E-state index is 12.5. The third-order valence-corrected chi connectivity index (χ3v) is 4.41. The molecule has 0 fully saturated rings. The fourth-order valence-electron chi connectivity index (χ4n) is 2.95. The molecule has 1 aromatic heterocycles. The molecule has 26 heavy (non-hydrogen) atoms. The van der Waals surface area contributed by atoms with Gasteiger partial charge in [0.15, 0.2) is 0 Å². The third kappa shape index (κ3) is 3.73. The van der Waals surface area contributed by atoms with E-state index in [0.717, 1.165) is 5.56 Å². The monoisotopic (exact) mass is 372 g/mol. The quantitative estimate of drug-likeness (QED) is 0.501. The Morgan fingerprint density at radius 3 is 2.65 bits per heavy atom. The summed E-state index contributed by atoms with van der Waals surface area (Å²) in [6, 6.07) is 13.7. The van der Waals surface area contributed by atoms with Gasteiger partial charge in [0, 0.05) is 22.5 Å². The van der Waals surface area contributed by atoms with E-state index in [1.54, 1.807) is 30.3 Å². The van der Waals surface area contributed by atoms with Crippen LogP contribution in [0.4, 0.5) is 0 Å². The van der Waals surface area contributed by atoms with Gasteiger partial charge in [0.05, 0.1) is 20.1 Å². The van der Waals surface area contributed by atoms with Crippen LogP contribution in [0.5, 0.6) is 5.75 Å². The lowest BCUT2D eigenvalue weighted by molar-refractivity contribution is -0.142. The van der Waals surface area contributed by atoms with Crippen LogP contribution in [0, 0.1) is 0 Å². The van der Waals surface area contributed by atoms with E-state index in [4.69, 9.17) is 25.5 Å². The maximum atomic E-state index is 12.5. The number of halogens is 1. The van der Waals surface area contributed by atoms with Crippen LogP contribution in [0.1, 0.15) is 17.0 Å². The first-order valence-electron chi connectivity index (χ1n) is 7.96. The molecular formula is C20H17ClO5. The zero-order valence-corrected chi connectivity index (χ0v) is 15.1. The van der Waals surface area contributed by atoms with Gasteiger partial charge < -0.3 is 13.9 Å². The fraction of sp³-hybridized carbons (Fsp3) is 0.200. The van der Waals surface area contributed by atoms with Gasteiger partial charge in [0.25, 0.3) is 0 Å². The Hall–Kier alpha value is -2.79. The lowest BCUT2D eigenvalue weighted by Gasteiger charge is -2.17. The molecule has 0 saturated carbocycles. The van der Waals surface area contributed by atoms with Crippen molar-refractivity contribution in [3.05, 3.63) is 75.1 Å². The molecular weight excluding hydrogens is 356 g/mol. The van der Waals surface area contributed by atoms with Crippen molar-refractivity contribution in [1.29, 1.82) is 0 Å². The first-order chi connectivity index (χ1) is 12.5. The van der Waals surface area contributed by atoms with Gasteiger partial charge in [0.1, 0.15) is 11.3 Å². The molecule has 1 unspecified atom stereocenters. The zero-order chi connectivity index (χ0) is 18.7. The standard InChI is InChI=1S/C20H17ClO5/c1-24-14-6-7-15-16(11-19(22)26-18(15)10-14)17(20(23)25-2)9-12-4-3-5-13(21)8-12/h3-8,10-11,17H,9H2,1-2H3. The summed E-state index contributed by atoms with van der Waals surface area (Å²) in [4.78, 5) is 24.5. The molecule has 1 atom stereocenters. The smallest absolute Gasteiger partial charge is 0.336 e. The highest BCUT2D eigenvalue weighted by Crippen LogP contribution is 2.30. The molecule has 0 bridgehead atoms. The number of methoxy groups -OCH3 is 2. The Bertz CT molecular complexity index is 1010. The molecule has 0 aliphatic heterocycles. The van der Waals surface area contributed by atoms with Crippen LogP contribution in [0.15, 0.2) is 57.7 Å². The number of ether oxygens (including phenoxy) is 2. The van der Waals surface area contributed by atoms with Crippen molar-refractivity contribution < 1.29 is 18.7 Å². The Labute approximate surface area is 155 Å². The molecule has 0 aliphatic carbocycles. The summed E-state index contributed by atoms with van der Waals surface area (Å²) in [5.41, 5.74) is 1.22. The van der Waals surface area contributed by atoms with E-state index in [1.165, 1.54) is 20.3 Å². The minimum absolute atomic E-state index is 0.345. The van der Waals surface area contributed by atoms with E-state index in [0.29, 0.717) is 33.7 Å². The third-order valence-electron chi connectivity index (χ3n) is 4.17. The lowest BCUT2D eigenvalue weighted by Crippen LogP contribution is -2.19. The van der Waals surface area contributed by atoms with Gasteiger partial charge in [-0.05, 0) is 41.8 Å². The summed E-state index contributed by atoms with van der Waals surface area (Å²) >= 11 is 6.05.